The van der Waals surface area contributed by atoms with Crippen molar-refractivity contribution >= 4 is 41.0 Å². The number of quaternary nitrogens is 1. The molecule has 240 valence electrons. The first kappa shape index (κ1) is 32.9. The van der Waals surface area contributed by atoms with Gasteiger partial charge in [-0.25, -0.2) is 9.59 Å². The highest BCUT2D eigenvalue weighted by molar-refractivity contribution is 6.30. The Labute approximate surface area is 268 Å². The van der Waals surface area contributed by atoms with Crippen LogP contribution in [0.15, 0.2) is 78.9 Å². The van der Waals surface area contributed by atoms with Gasteiger partial charge in [0.1, 0.15) is 6.54 Å². The van der Waals surface area contributed by atoms with Crippen molar-refractivity contribution in [3.05, 3.63) is 112 Å². The van der Waals surface area contributed by atoms with Crippen molar-refractivity contribution in [2.75, 3.05) is 33.7 Å². The molecule has 3 aromatic carbocycles. The highest BCUT2D eigenvalue weighted by atomic mass is 35.5. The maximum absolute atomic E-state index is 14.3. The summed E-state index contributed by atoms with van der Waals surface area (Å²) in [6, 6.07) is 16.9. The molecule has 2 aliphatic heterocycles. The van der Waals surface area contributed by atoms with Crippen LogP contribution in [0, 0.1) is 0 Å². The summed E-state index contributed by atoms with van der Waals surface area (Å²) in [6.45, 7) is -0.0554. The van der Waals surface area contributed by atoms with Crippen LogP contribution in [0.1, 0.15) is 37.4 Å². The van der Waals surface area contributed by atoms with Gasteiger partial charge in [0.2, 0.25) is 0 Å². The van der Waals surface area contributed by atoms with E-state index in [9.17, 15) is 32.3 Å². The van der Waals surface area contributed by atoms with Crippen LogP contribution >= 0.6 is 11.6 Å². The SMILES string of the molecule is CN(C)Cc1ccc2c(c1)[N+](Cc1ccc(C(=O)N3CC=CC3)cc1)(OC(=O)C(F)(F)F)C(=O)CN(C(=O)c1ccc(Cl)cc1)C2. The van der Waals surface area contributed by atoms with Gasteiger partial charge in [0.15, 0.2) is 12.2 Å². The monoisotopic (exact) mass is 655 g/mol. The Morgan fingerprint density at radius 1 is 0.848 bits per heavy atom. The molecule has 9 nitrogen and oxygen atoms in total. The van der Waals surface area contributed by atoms with Gasteiger partial charge < -0.3 is 14.7 Å². The van der Waals surface area contributed by atoms with Crippen molar-refractivity contribution in [3.8, 4) is 0 Å². The van der Waals surface area contributed by atoms with Crippen molar-refractivity contribution in [1.29, 1.82) is 0 Å². The van der Waals surface area contributed by atoms with Crippen molar-refractivity contribution in [2.24, 2.45) is 0 Å². The molecule has 5 rings (SSSR count). The van der Waals surface area contributed by atoms with E-state index in [0.717, 1.165) is 0 Å². The molecule has 2 aliphatic rings. The number of carbonyl (C=O) groups excluding carboxylic acids is 4. The molecule has 0 aromatic heterocycles. The van der Waals surface area contributed by atoms with Crippen molar-refractivity contribution in [2.45, 2.75) is 25.8 Å². The number of hydrogen-bond donors (Lipinski definition) is 0. The smallest absolute Gasteiger partial charge is 0.331 e. The van der Waals surface area contributed by atoms with Crippen molar-refractivity contribution in [3.63, 3.8) is 0 Å². The van der Waals surface area contributed by atoms with E-state index in [1.165, 1.54) is 59.5 Å². The number of amides is 3. The zero-order chi connectivity index (χ0) is 33.2. The number of halogens is 4. The van der Waals surface area contributed by atoms with Gasteiger partial charge >= 0.3 is 18.1 Å². The lowest BCUT2D eigenvalue weighted by atomic mass is 10.0. The number of hydrogen-bond acceptors (Lipinski definition) is 6. The van der Waals surface area contributed by atoms with E-state index in [-0.39, 0.29) is 23.7 Å². The van der Waals surface area contributed by atoms with E-state index in [2.05, 4.69) is 0 Å². The summed E-state index contributed by atoms with van der Waals surface area (Å²) in [7, 11) is 3.60. The van der Waals surface area contributed by atoms with E-state index in [1.54, 1.807) is 31.1 Å². The lowest BCUT2D eigenvalue weighted by Gasteiger charge is -2.32. The Morgan fingerprint density at radius 3 is 2.00 bits per heavy atom. The molecule has 0 radical (unpaired) electrons. The number of rotatable bonds is 7. The minimum absolute atomic E-state index is 0.00310. The van der Waals surface area contributed by atoms with Crippen molar-refractivity contribution in [1.82, 2.24) is 19.3 Å². The summed E-state index contributed by atoms with van der Waals surface area (Å²) >= 11 is 5.98. The number of alkyl halides is 3. The quantitative estimate of drug-likeness (QED) is 0.259. The van der Waals surface area contributed by atoms with E-state index in [4.69, 9.17) is 16.4 Å². The molecule has 1 unspecified atom stereocenters. The molecular weight excluding hydrogens is 625 g/mol. The third-order valence-electron chi connectivity index (χ3n) is 7.69. The van der Waals surface area contributed by atoms with Gasteiger partial charge in [-0.3, -0.25) is 14.4 Å². The summed E-state index contributed by atoms with van der Waals surface area (Å²) in [5.41, 5.74) is 1.84. The van der Waals surface area contributed by atoms with E-state index >= 15 is 0 Å². The van der Waals surface area contributed by atoms with Gasteiger partial charge in [-0.05, 0) is 60.7 Å². The second-order valence-corrected chi connectivity index (χ2v) is 11.9. The zero-order valence-corrected chi connectivity index (χ0v) is 25.8. The number of fused-ring (bicyclic) bond motifs is 1. The molecule has 0 fully saturated rings. The van der Waals surface area contributed by atoms with Gasteiger partial charge in [-0.15, -0.1) is 0 Å². The second kappa shape index (κ2) is 13.1. The Balaban J connectivity index is 1.61. The van der Waals surface area contributed by atoms with E-state index < -0.39 is 41.7 Å². The second-order valence-electron chi connectivity index (χ2n) is 11.4. The van der Waals surface area contributed by atoms with Gasteiger partial charge in [0.05, 0.1) is 6.54 Å². The Hall–Kier alpha value is -4.52. The van der Waals surface area contributed by atoms with Crippen LogP contribution in [0.3, 0.4) is 0 Å². The van der Waals surface area contributed by atoms with Crippen LogP contribution in [0.4, 0.5) is 18.9 Å². The highest BCUT2D eigenvalue weighted by Crippen LogP contribution is 2.38. The van der Waals surface area contributed by atoms with Crippen LogP contribution in [-0.4, -0.2) is 78.3 Å². The molecule has 1 atom stereocenters. The fraction of sp³-hybridized carbons (Fsp3) is 0.273. The first-order valence-corrected chi connectivity index (χ1v) is 14.7. The maximum Gasteiger partial charge on any atom is 0.497 e. The first-order chi connectivity index (χ1) is 21.8. The van der Waals surface area contributed by atoms with Crippen LogP contribution in [-0.2, 0) is 34.1 Å². The average molecular weight is 656 g/mol. The number of hydroxylamine groups is 2. The lowest BCUT2D eigenvalue weighted by molar-refractivity contribution is -0.235. The largest absolute Gasteiger partial charge is 0.497 e. The number of carbonyl (C=O) groups is 4. The fourth-order valence-electron chi connectivity index (χ4n) is 5.47. The summed E-state index contributed by atoms with van der Waals surface area (Å²) in [5.74, 6) is -4.32. The summed E-state index contributed by atoms with van der Waals surface area (Å²) in [5, 5.41) is 0.391. The zero-order valence-electron chi connectivity index (χ0n) is 25.1. The fourth-order valence-corrected chi connectivity index (χ4v) is 5.60. The summed E-state index contributed by atoms with van der Waals surface area (Å²) < 4.78 is 39.9. The van der Waals surface area contributed by atoms with E-state index in [1.807, 2.05) is 17.1 Å². The number of benzene rings is 3. The molecule has 0 bridgehead atoms. The Bertz CT molecular complexity index is 1680. The van der Waals surface area contributed by atoms with Crippen molar-refractivity contribution < 1.29 is 37.2 Å². The number of nitrogens with zero attached hydrogens (tertiary/aromatic N) is 4. The molecule has 0 saturated carbocycles. The molecule has 0 spiro atoms. The van der Waals surface area contributed by atoms with Gasteiger partial charge in [0, 0.05) is 53.0 Å². The summed E-state index contributed by atoms with van der Waals surface area (Å²) in [4.78, 5) is 63.1. The standard InChI is InChI=1S/C33H31ClF3N4O5/c1-38(2)18-23-7-10-26-19-40(31(44)25-11-13-27(34)14-12-25)20-29(42)41(28(26)17-23,46-32(45)33(35,36)37)21-22-5-8-24(9-6-22)30(43)39-15-3-4-16-39/h3-14,17H,15-16,18-21H2,1-2H3/q+1. The minimum atomic E-state index is -5.42. The predicted molar refractivity (Wildman–Crippen MR) is 164 cm³/mol. The third-order valence-corrected chi connectivity index (χ3v) is 7.94. The molecule has 0 saturated heterocycles. The molecule has 0 aliphatic carbocycles. The molecule has 46 heavy (non-hydrogen) atoms. The predicted octanol–water partition coefficient (Wildman–Crippen LogP) is 5.12. The third kappa shape index (κ3) is 6.99. The van der Waals surface area contributed by atoms with E-state index in [0.29, 0.717) is 46.9 Å². The lowest BCUT2D eigenvalue weighted by Crippen LogP contribution is -2.58. The van der Waals surface area contributed by atoms with Gasteiger partial charge in [-0.1, -0.05) is 48.0 Å². The van der Waals surface area contributed by atoms with Crippen LogP contribution in [0.2, 0.25) is 5.02 Å². The summed E-state index contributed by atoms with van der Waals surface area (Å²) in [6.07, 6.45) is -1.69. The van der Waals surface area contributed by atoms with Crippen LogP contribution < -0.4 is 4.65 Å². The molecular formula is C33H31ClF3N4O5+. The highest BCUT2D eigenvalue weighted by Gasteiger charge is 2.55. The normalized spacial score (nSPS) is 18.0. The van der Waals surface area contributed by atoms with Crippen LogP contribution in [0.5, 0.6) is 0 Å². The molecule has 3 amide bonds. The topological polar surface area (TPSA) is 87.2 Å². The average Bonchev–Trinajstić information content (AvgIpc) is 3.52. The Morgan fingerprint density at radius 2 is 1.41 bits per heavy atom. The van der Waals surface area contributed by atoms with Crippen LogP contribution in [0.25, 0.3) is 0 Å². The molecule has 2 heterocycles. The minimum Gasteiger partial charge on any atom is -0.331 e. The van der Waals surface area contributed by atoms with Gasteiger partial charge in [-0.2, -0.15) is 13.2 Å². The molecule has 3 aromatic rings. The maximum atomic E-state index is 14.3. The Kier molecular flexibility index (Phi) is 9.34. The molecule has 0 N–H and O–H groups in total. The first-order valence-electron chi connectivity index (χ1n) is 14.3. The van der Waals surface area contributed by atoms with Gasteiger partial charge in [0.25, 0.3) is 11.8 Å². The molecule has 13 heteroatoms.